The van der Waals surface area contributed by atoms with E-state index in [9.17, 15) is 18.0 Å². The lowest BCUT2D eigenvalue weighted by atomic mass is 10.1. The fraction of sp³-hybridized carbons (Fsp3) is 0.250. The lowest BCUT2D eigenvalue weighted by Crippen LogP contribution is -2.17. The van der Waals surface area contributed by atoms with E-state index in [0.717, 1.165) is 40.8 Å². The Labute approximate surface area is 207 Å². The number of methoxy groups -OCH3 is 1. The van der Waals surface area contributed by atoms with Crippen LogP contribution in [0.25, 0.3) is 0 Å². The minimum absolute atomic E-state index is 0.0142. The molecule has 0 unspecified atom stereocenters. The van der Waals surface area contributed by atoms with Crippen molar-refractivity contribution in [3.63, 3.8) is 0 Å². The number of aryl methyl sites for hydroxylation is 2. The first-order valence-corrected chi connectivity index (χ1v) is 13.2. The summed E-state index contributed by atoms with van der Waals surface area (Å²) in [6.45, 7) is 3.70. The zero-order chi connectivity index (χ0) is 24.6. The first-order chi connectivity index (χ1) is 16.1. The van der Waals surface area contributed by atoms with E-state index in [1.807, 2.05) is 19.9 Å². The Morgan fingerprint density at radius 2 is 1.88 bits per heavy atom. The molecule has 1 aliphatic carbocycles. The molecule has 0 bridgehead atoms. The van der Waals surface area contributed by atoms with Crippen LogP contribution in [0.2, 0.25) is 5.02 Å². The van der Waals surface area contributed by atoms with Crippen molar-refractivity contribution in [1.82, 2.24) is 0 Å². The average molecular weight is 519 g/mol. The normalized spacial score (nSPS) is 12.8. The van der Waals surface area contributed by atoms with E-state index in [2.05, 4.69) is 10.0 Å². The Balaban J connectivity index is 1.64. The number of amides is 1. The van der Waals surface area contributed by atoms with Gasteiger partial charge in [-0.25, -0.2) is 13.2 Å². The van der Waals surface area contributed by atoms with Gasteiger partial charge in [0.15, 0.2) is 0 Å². The molecule has 7 nitrogen and oxygen atoms in total. The number of hydrogen-bond acceptors (Lipinski definition) is 6. The lowest BCUT2D eigenvalue weighted by Gasteiger charge is -2.14. The highest BCUT2D eigenvalue weighted by molar-refractivity contribution is 7.92. The van der Waals surface area contributed by atoms with Crippen LogP contribution in [-0.4, -0.2) is 27.4 Å². The van der Waals surface area contributed by atoms with Crippen molar-refractivity contribution >= 4 is 55.5 Å². The molecule has 0 atom stereocenters. The molecule has 1 amide bonds. The number of halogens is 1. The predicted molar refractivity (Wildman–Crippen MR) is 134 cm³/mol. The van der Waals surface area contributed by atoms with Gasteiger partial charge in [-0.3, -0.25) is 9.52 Å². The number of thiophene rings is 1. The largest absolute Gasteiger partial charge is 0.465 e. The minimum Gasteiger partial charge on any atom is -0.465 e. The summed E-state index contributed by atoms with van der Waals surface area (Å²) in [6, 6.07) is 9.33. The van der Waals surface area contributed by atoms with Crippen LogP contribution < -0.4 is 10.0 Å². The van der Waals surface area contributed by atoms with Crippen molar-refractivity contribution in [2.75, 3.05) is 17.1 Å². The van der Waals surface area contributed by atoms with E-state index in [1.54, 1.807) is 12.1 Å². The minimum atomic E-state index is -4.07. The summed E-state index contributed by atoms with van der Waals surface area (Å²) in [7, 11) is -2.77. The van der Waals surface area contributed by atoms with Crippen LogP contribution >= 0.6 is 22.9 Å². The summed E-state index contributed by atoms with van der Waals surface area (Å²) < 4.78 is 33.7. The summed E-state index contributed by atoms with van der Waals surface area (Å²) in [5.74, 6) is -1.06. The van der Waals surface area contributed by atoms with Crippen LogP contribution in [-0.2, 0) is 27.6 Å². The second-order valence-electron chi connectivity index (χ2n) is 8.01. The first kappa shape index (κ1) is 24.3. The quantitative estimate of drug-likeness (QED) is 0.428. The van der Waals surface area contributed by atoms with Gasteiger partial charge in [0.2, 0.25) is 0 Å². The summed E-state index contributed by atoms with van der Waals surface area (Å²) in [4.78, 5) is 26.2. The number of sulfonamides is 1. The van der Waals surface area contributed by atoms with E-state index in [4.69, 9.17) is 16.3 Å². The maximum Gasteiger partial charge on any atom is 0.341 e. The molecule has 178 valence electrons. The van der Waals surface area contributed by atoms with Crippen LogP contribution in [0.15, 0.2) is 41.3 Å². The standard InChI is InChI=1S/C24H23ClN2O5S2/c1-13-6-4-8-18(14(13)2)27-34(30,31)20-12-15(10-11-17(20)25)22(28)26-23-21(24(29)32-3)16-7-5-9-19(16)33-23/h4,6,8,10-12,27H,5,7,9H2,1-3H3,(H,26,28). The number of fused-ring (bicyclic) bond motifs is 1. The number of anilines is 2. The molecule has 1 aliphatic rings. The fourth-order valence-corrected chi connectivity index (χ4v) is 6.82. The molecule has 0 fully saturated rings. The topological polar surface area (TPSA) is 102 Å². The highest BCUT2D eigenvalue weighted by Crippen LogP contribution is 2.39. The molecular formula is C24H23ClN2O5S2. The highest BCUT2D eigenvalue weighted by atomic mass is 35.5. The Bertz CT molecular complexity index is 1410. The Morgan fingerprint density at radius 1 is 1.12 bits per heavy atom. The summed E-state index contributed by atoms with van der Waals surface area (Å²) in [5, 5.41) is 3.14. The number of esters is 1. The second-order valence-corrected chi connectivity index (χ2v) is 11.2. The molecule has 0 saturated heterocycles. The Kier molecular flexibility index (Phi) is 6.71. The Morgan fingerprint density at radius 3 is 2.62 bits per heavy atom. The van der Waals surface area contributed by atoms with Gasteiger partial charge in [-0.05, 0) is 74.1 Å². The maximum absolute atomic E-state index is 13.1. The van der Waals surface area contributed by atoms with E-state index >= 15 is 0 Å². The first-order valence-electron chi connectivity index (χ1n) is 10.5. The molecular weight excluding hydrogens is 496 g/mol. The SMILES string of the molecule is COC(=O)c1c(NC(=O)c2ccc(Cl)c(S(=O)(=O)Nc3cccc(C)c3C)c2)sc2c1CCC2. The van der Waals surface area contributed by atoms with Crippen molar-refractivity contribution in [1.29, 1.82) is 0 Å². The van der Waals surface area contributed by atoms with E-state index < -0.39 is 21.9 Å². The van der Waals surface area contributed by atoms with Gasteiger partial charge in [0, 0.05) is 10.4 Å². The third-order valence-corrected chi connectivity index (χ3v) is 8.92. The van der Waals surface area contributed by atoms with Crippen molar-refractivity contribution in [3.05, 3.63) is 74.1 Å². The van der Waals surface area contributed by atoms with Crippen LogP contribution in [0.1, 0.15) is 48.7 Å². The van der Waals surface area contributed by atoms with E-state index in [-0.39, 0.29) is 15.5 Å². The van der Waals surface area contributed by atoms with Crippen LogP contribution in [0.5, 0.6) is 0 Å². The number of nitrogens with one attached hydrogen (secondary N) is 2. The zero-order valence-electron chi connectivity index (χ0n) is 18.8. The van der Waals surface area contributed by atoms with Gasteiger partial charge in [-0.1, -0.05) is 23.7 Å². The zero-order valence-corrected chi connectivity index (χ0v) is 21.2. The molecule has 34 heavy (non-hydrogen) atoms. The molecule has 4 rings (SSSR count). The van der Waals surface area contributed by atoms with Crippen molar-refractivity contribution in [2.24, 2.45) is 0 Å². The average Bonchev–Trinajstić information content (AvgIpc) is 3.37. The van der Waals surface area contributed by atoms with Gasteiger partial charge in [0.1, 0.15) is 9.90 Å². The lowest BCUT2D eigenvalue weighted by molar-refractivity contribution is 0.0601. The molecule has 1 aromatic heterocycles. The smallest absolute Gasteiger partial charge is 0.341 e. The maximum atomic E-state index is 13.1. The van der Waals surface area contributed by atoms with E-state index in [1.165, 1.54) is 36.6 Å². The van der Waals surface area contributed by atoms with Crippen LogP contribution in [0.4, 0.5) is 10.7 Å². The number of rotatable bonds is 6. The molecule has 2 N–H and O–H groups in total. The highest BCUT2D eigenvalue weighted by Gasteiger charge is 2.29. The molecule has 0 aliphatic heterocycles. The number of benzene rings is 2. The third-order valence-electron chi connectivity index (χ3n) is 5.87. The van der Waals surface area contributed by atoms with Gasteiger partial charge in [-0.2, -0.15) is 0 Å². The summed E-state index contributed by atoms with van der Waals surface area (Å²) >= 11 is 7.55. The number of carbonyl (C=O) groups is 2. The molecule has 0 spiro atoms. The molecule has 0 radical (unpaired) electrons. The number of hydrogen-bond donors (Lipinski definition) is 2. The van der Waals surface area contributed by atoms with Gasteiger partial charge < -0.3 is 10.1 Å². The molecule has 1 heterocycles. The molecule has 10 heteroatoms. The van der Waals surface area contributed by atoms with E-state index in [0.29, 0.717) is 16.3 Å². The fourth-order valence-electron chi connectivity index (χ4n) is 3.90. The summed E-state index contributed by atoms with van der Waals surface area (Å²) in [5.41, 5.74) is 3.52. The van der Waals surface area contributed by atoms with Gasteiger partial charge in [-0.15, -0.1) is 11.3 Å². The number of carbonyl (C=O) groups excluding carboxylic acids is 2. The predicted octanol–water partition coefficient (Wildman–Crippen LogP) is 5.35. The third kappa shape index (κ3) is 4.55. The van der Waals surface area contributed by atoms with Crippen LogP contribution in [0.3, 0.4) is 0 Å². The van der Waals surface area contributed by atoms with Crippen molar-refractivity contribution in [3.8, 4) is 0 Å². The van der Waals surface area contributed by atoms with Gasteiger partial charge in [0.25, 0.3) is 15.9 Å². The molecule has 3 aromatic rings. The Hall–Kier alpha value is -2.88. The van der Waals surface area contributed by atoms with Gasteiger partial charge >= 0.3 is 5.97 Å². The van der Waals surface area contributed by atoms with Crippen molar-refractivity contribution < 1.29 is 22.7 Å². The number of ether oxygens (including phenoxy) is 1. The van der Waals surface area contributed by atoms with Crippen molar-refractivity contribution in [2.45, 2.75) is 38.0 Å². The molecule has 0 saturated carbocycles. The van der Waals surface area contributed by atoms with Gasteiger partial charge in [0.05, 0.1) is 23.4 Å². The van der Waals surface area contributed by atoms with Crippen LogP contribution in [0, 0.1) is 13.8 Å². The second kappa shape index (κ2) is 9.40. The monoisotopic (exact) mass is 518 g/mol. The molecule has 2 aromatic carbocycles. The summed E-state index contributed by atoms with van der Waals surface area (Å²) in [6.07, 6.45) is 2.54.